The highest BCUT2D eigenvalue weighted by atomic mass is 32.3. The Labute approximate surface area is 121 Å². The first-order valence-corrected chi connectivity index (χ1v) is 8.79. The van der Waals surface area contributed by atoms with Gasteiger partial charge in [-0.15, -0.1) is 3.63 Å². The van der Waals surface area contributed by atoms with E-state index >= 15 is 0 Å². The third-order valence-electron chi connectivity index (χ3n) is 2.50. The quantitative estimate of drug-likeness (QED) is 0.491. The third kappa shape index (κ3) is 5.71. The zero-order valence-electron chi connectivity index (χ0n) is 11.1. The van der Waals surface area contributed by atoms with Gasteiger partial charge in [0.05, 0.1) is 12.4 Å². The molecule has 0 amide bonds. The maximum atomic E-state index is 12.0. The molecule has 1 rings (SSSR count). The van der Waals surface area contributed by atoms with Crippen molar-refractivity contribution in [1.82, 2.24) is 9.80 Å². The Kier molecular flexibility index (Phi) is 5.50. The summed E-state index contributed by atoms with van der Waals surface area (Å²) in [4.78, 5) is 3.76. The lowest BCUT2D eigenvalue weighted by atomic mass is 10.3. The SMILES string of the molecule is CN1C=CN(CCCCS(=O)(=O)OS(=O)(=O)C(F)(F)F)C1. The second-order valence-electron chi connectivity index (χ2n) is 4.45. The normalized spacial score (nSPS) is 16.8. The second-order valence-corrected chi connectivity index (χ2v) is 7.88. The number of hydrogen-bond donors (Lipinski definition) is 0. The molecule has 1 heterocycles. The molecule has 0 aromatic carbocycles. The number of rotatable bonds is 7. The van der Waals surface area contributed by atoms with Gasteiger partial charge in [-0.3, -0.25) is 0 Å². The summed E-state index contributed by atoms with van der Waals surface area (Å²) in [7, 11) is -9.07. The second kappa shape index (κ2) is 6.40. The molecule has 7 nitrogen and oxygen atoms in total. The summed E-state index contributed by atoms with van der Waals surface area (Å²) < 4.78 is 82.9. The van der Waals surface area contributed by atoms with Crippen LogP contribution >= 0.6 is 0 Å². The van der Waals surface area contributed by atoms with Gasteiger partial charge < -0.3 is 9.80 Å². The highest BCUT2D eigenvalue weighted by molar-refractivity contribution is 8.00. The fourth-order valence-electron chi connectivity index (χ4n) is 1.54. The number of nitrogens with zero attached hydrogens (tertiary/aromatic N) is 2. The summed E-state index contributed by atoms with van der Waals surface area (Å²) in [6.07, 6.45) is 3.96. The van der Waals surface area contributed by atoms with Crippen LogP contribution in [-0.4, -0.2) is 58.2 Å². The standard InChI is InChI=1S/C9H15F3N2O5S2/c1-13-5-6-14(8-13)4-2-3-7-20(15,16)19-21(17,18)9(10,11)12/h5-6H,2-4,7-8H2,1H3. The van der Waals surface area contributed by atoms with Gasteiger partial charge >= 0.3 is 15.6 Å². The van der Waals surface area contributed by atoms with Crippen LogP contribution in [0, 0.1) is 0 Å². The maximum absolute atomic E-state index is 12.0. The molecule has 0 spiro atoms. The van der Waals surface area contributed by atoms with Gasteiger partial charge in [0.1, 0.15) is 0 Å². The Hall–Kier alpha value is -1.01. The van der Waals surface area contributed by atoms with Crippen LogP contribution in [-0.2, 0) is 23.9 Å². The molecule has 1 aliphatic heterocycles. The minimum atomic E-state index is -6.13. The average molecular weight is 352 g/mol. The van der Waals surface area contributed by atoms with Crippen molar-refractivity contribution in [3.05, 3.63) is 12.4 Å². The van der Waals surface area contributed by atoms with E-state index in [0.717, 1.165) is 0 Å². The number of halogens is 3. The molecule has 1 aliphatic rings. The Morgan fingerprint density at radius 1 is 1.14 bits per heavy atom. The first-order valence-electron chi connectivity index (χ1n) is 5.81. The van der Waals surface area contributed by atoms with Crippen molar-refractivity contribution in [3.63, 3.8) is 0 Å². The molecule has 0 fully saturated rings. The van der Waals surface area contributed by atoms with Crippen molar-refractivity contribution in [2.75, 3.05) is 26.0 Å². The molecule has 0 saturated heterocycles. The zero-order valence-corrected chi connectivity index (χ0v) is 12.7. The summed E-state index contributed by atoms with van der Waals surface area (Å²) in [6, 6.07) is 0. The Morgan fingerprint density at radius 2 is 1.76 bits per heavy atom. The number of unbranched alkanes of at least 4 members (excludes halogenated alkanes) is 1. The van der Waals surface area contributed by atoms with Gasteiger partial charge in [-0.2, -0.15) is 30.0 Å². The topological polar surface area (TPSA) is 84.0 Å². The summed E-state index contributed by atoms with van der Waals surface area (Å²) in [5.74, 6) is -0.796. The van der Waals surface area contributed by atoms with Gasteiger partial charge in [0.15, 0.2) is 0 Å². The van der Waals surface area contributed by atoms with E-state index in [1.165, 1.54) is 0 Å². The highest BCUT2D eigenvalue weighted by Crippen LogP contribution is 2.26. The minimum Gasteiger partial charge on any atom is -0.362 e. The molecule has 0 bridgehead atoms. The molecule has 0 saturated carbocycles. The molecule has 0 atom stereocenters. The van der Waals surface area contributed by atoms with E-state index in [1.54, 1.807) is 6.20 Å². The highest BCUT2D eigenvalue weighted by Gasteiger charge is 2.50. The molecule has 0 aliphatic carbocycles. The van der Waals surface area contributed by atoms with Crippen molar-refractivity contribution < 1.29 is 33.6 Å². The molecule has 0 radical (unpaired) electrons. The summed E-state index contributed by atoms with van der Waals surface area (Å²) in [6.45, 7) is 1.13. The van der Waals surface area contributed by atoms with Gasteiger partial charge in [-0.1, -0.05) is 0 Å². The predicted molar refractivity (Wildman–Crippen MR) is 67.6 cm³/mol. The Bertz CT molecular complexity index is 585. The monoisotopic (exact) mass is 352 g/mol. The molecule has 0 N–H and O–H groups in total. The van der Waals surface area contributed by atoms with E-state index < -0.39 is 31.5 Å². The van der Waals surface area contributed by atoms with Crippen molar-refractivity contribution in [2.45, 2.75) is 18.3 Å². The van der Waals surface area contributed by atoms with Crippen LogP contribution in [0.2, 0.25) is 0 Å². The van der Waals surface area contributed by atoms with Crippen molar-refractivity contribution >= 4 is 20.2 Å². The maximum Gasteiger partial charge on any atom is 0.524 e. The van der Waals surface area contributed by atoms with Crippen LogP contribution in [0.1, 0.15) is 12.8 Å². The molecule has 0 aromatic heterocycles. The van der Waals surface area contributed by atoms with Crippen LogP contribution in [0.25, 0.3) is 0 Å². The first-order chi connectivity index (χ1) is 9.43. The van der Waals surface area contributed by atoms with Crippen LogP contribution in [0.5, 0.6) is 0 Å². The van der Waals surface area contributed by atoms with Gasteiger partial charge in [0.2, 0.25) is 0 Å². The van der Waals surface area contributed by atoms with Crippen LogP contribution in [0.4, 0.5) is 13.2 Å². The third-order valence-corrected chi connectivity index (χ3v) is 5.40. The van der Waals surface area contributed by atoms with Gasteiger partial charge in [-0.05, 0) is 12.8 Å². The van der Waals surface area contributed by atoms with E-state index in [9.17, 15) is 30.0 Å². The Morgan fingerprint density at radius 3 is 2.24 bits per heavy atom. The number of hydrogen-bond acceptors (Lipinski definition) is 7. The molecular weight excluding hydrogens is 337 g/mol. The summed E-state index contributed by atoms with van der Waals surface area (Å²) in [5, 5.41) is 0. The minimum absolute atomic E-state index is 0.0102. The molecule has 0 unspecified atom stereocenters. The molecule has 124 valence electrons. The molecular formula is C9H15F3N2O5S2. The van der Waals surface area contributed by atoms with Crippen molar-refractivity contribution in [3.8, 4) is 0 Å². The molecule has 12 heteroatoms. The first kappa shape index (κ1) is 18.0. The van der Waals surface area contributed by atoms with Crippen LogP contribution in [0.3, 0.4) is 0 Å². The van der Waals surface area contributed by atoms with Gasteiger partial charge in [0, 0.05) is 26.0 Å². The zero-order chi connectivity index (χ0) is 16.3. The van der Waals surface area contributed by atoms with E-state index in [1.807, 2.05) is 23.0 Å². The fourth-order valence-corrected chi connectivity index (χ4v) is 3.77. The van der Waals surface area contributed by atoms with Crippen molar-refractivity contribution in [1.29, 1.82) is 0 Å². The Balaban J connectivity index is 2.39. The molecule has 0 aromatic rings. The molecule has 21 heavy (non-hydrogen) atoms. The largest absolute Gasteiger partial charge is 0.524 e. The van der Waals surface area contributed by atoms with Gasteiger partial charge in [0.25, 0.3) is 10.1 Å². The fraction of sp³-hybridized carbons (Fsp3) is 0.778. The lowest BCUT2D eigenvalue weighted by Crippen LogP contribution is -2.29. The lowest BCUT2D eigenvalue weighted by molar-refractivity contribution is -0.0498. The lowest BCUT2D eigenvalue weighted by Gasteiger charge is -2.17. The summed E-state index contributed by atoms with van der Waals surface area (Å²) in [5.41, 5.74) is -5.76. The van der Waals surface area contributed by atoms with E-state index in [-0.39, 0.29) is 6.42 Å². The smallest absolute Gasteiger partial charge is 0.362 e. The average Bonchev–Trinajstić information content (AvgIpc) is 2.67. The van der Waals surface area contributed by atoms with Gasteiger partial charge in [-0.25, -0.2) is 0 Å². The van der Waals surface area contributed by atoms with Crippen LogP contribution in [0.15, 0.2) is 12.4 Å². The van der Waals surface area contributed by atoms with E-state index in [0.29, 0.717) is 19.6 Å². The number of alkyl halides is 3. The van der Waals surface area contributed by atoms with E-state index in [2.05, 4.69) is 3.63 Å². The van der Waals surface area contributed by atoms with Crippen LogP contribution < -0.4 is 0 Å². The van der Waals surface area contributed by atoms with Crippen molar-refractivity contribution in [2.24, 2.45) is 0 Å². The predicted octanol–water partition coefficient (Wildman–Crippen LogP) is 0.639. The van der Waals surface area contributed by atoms with E-state index in [4.69, 9.17) is 0 Å². The summed E-state index contributed by atoms with van der Waals surface area (Å²) >= 11 is 0.